The Balaban J connectivity index is 2.56. The second-order valence-electron chi connectivity index (χ2n) is 3.90. The van der Waals surface area contributed by atoms with Crippen LogP contribution < -0.4 is 0 Å². The molecule has 7 nitrogen and oxygen atoms in total. The largest absolute Gasteiger partial charge is 0.463 e. The van der Waals surface area contributed by atoms with Gasteiger partial charge in [0.2, 0.25) is 6.29 Å². The fourth-order valence-corrected chi connectivity index (χ4v) is 1.62. The Hall–Kier alpha value is -1.63. The van der Waals surface area contributed by atoms with Crippen molar-refractivity contribution < 1.29 is 33.3 Å². The maximum atomic E-state index is 10.9. The maximum Gasteiger partial charge on any atom is 0.304 e. The van der Waals surface area contributed by atoms with Crippen molar-refractivity contribution in [3.8, 4) is 0 Å². The first-order valence-corrected chi connectivity index (χ1v) is 5.51. The molecule has 1 unspecified atom stereocenters. The predicted molar refractivity (Wildman–Crippen MR) is 57.2 cm³/mol. The monoisotopic (exact) mass is 260 g/mol. The molecule has 3 atom stereocenters. The van der Waals surface area contributed by atoms with Gasteiger partial charge in [0, 0.05) is 20.8 Å². The Morgan fingerprint density at radius 1 is 1.06 bits per heavy atom. The molecule has 0 bridgehead atoms. The summed E-state index contributed by atoms with van der Waals surface area (Å²) in [5.74, 6) is -1.43. The second-order valence-corrected chi connectivity index (χ2v) is 3.90. The van der Waals surface area contributed by atoms with E-state index in [4.69, 9.17) is 18.9 Å². The maximum absolute atomic E-state index is 10.9. The average molecular weight is 260 g/mol. The van der Waals surface area contributed by atoms with Gasteiger partial charge < -0.3 is 18.9 Å². The van der Waals surface area contributed by atoms with Gasteiger partial charge in [-0.25, -0.2) is 0 Å². The van der Waals surface area contributed by atoms with Crippen molar-refractivity contribution in [1.29, 1.82) is 0 Å². The summed E-state index contributed by atoms with van der Waals surface area (Å²) >= 11 is 0. The van der Waals surface area contributed by atoms with E-state index >= 15 is 0 Å². The molecule has 18 heavy (non-hydrogen) atoms. The minimum absolute atomic E-state index is 0.0506. The molecule has 0 aromatic carbocycles. The van der Waals surface area contributed by atoms with E-state index in [0.29, 0.717) is 0 Å². The van der Waals surface area contributed by atoms with E-state index < -0.39 is 36.4 Å². The Morgan fingerprint density at radius 2 is 1.67 bits per heavy atom. The lowest BCUT2D eigenvalue weighted by Crippen LogP contribution is -2.31. The molecule has 0 saturated carbocycles. The summed E-state index contributed by atoms with van der Waals surface area (Å²) in [7, 11) is 0. The van der Waals surface area contributed by atoms with E-state index in [9.17, 15) is 14.4 Å². The molecule has 1 aliphatic rings. The van der Waals surface area contributed by atoms with Crippen LogP contribution in [0.3, 0.4) is 0 Å². The van der Waals surface area contributed by atoms with Crippen molar-refractivity contribution in [2.45, 2.75) is 45.7 Å². The zero-order valence-corrected chi connectivity index (χ0v) is 10.5. The lowest BCUT2D eigenvalue weighted by molar-refractivity contribution is -0.179. The number of hydrogen-bond acceptors (Lipinski definition) is 7. The molecule has 0 aliphatic carbocycles. The molecular formula is C11H16O7. The third-order valence-corrected chi connectivity index (χ3v) is 2.23. The summed E-state index contributed by atoms with van der Waals surface area (Å²) in [5.41, 5.74) is 0. The lowest BCUT2D eigenvalue weighted by Gasteiger charge is -2.17. The molecule has 0 aromatic heterocycles. The molecule has 1 aliphatic heterocycles. The molecule has 7 heteroatoms. The van der Waals surface area contributed by atoms with Crippen molar-refractivity contribution in [3.05, 3.63) is 0 Å². The van der Waals surface area contributed by atoms with Crippen LogP contribution >= 0.6 is 0 Å². The van der Waals surface area contributed by atoms with Gasteiger partial charge in [0.05, 0.1) is 6.42 Å². The van der Waals surface area contributed by atoms with Crippen molar-refractivity contribution in [2.24, 2.45) is 0 Å². The van der Waals surface area contributed by atoms with E-state index in [1.165, 1.54) is 20.8 Å². The van der Waals surface area contributed by atoms with Crippen LogP contribution in [0.1, 0.15) is 27.2 Å². The van der Waals surface area contributed by atoms with Crippen LogP contribution in [0.4, 0.5) is 0 Å². The third kappa shape index (κ3) is 4.70. The van der Waals surface area contributed by atoms with E-state index in [0.717, 1.165) is 0 Å². The van der Waals surface area contributed by atoms with Crippen molar-refractivity contribution in [3.63, 3.8) is 0 Å². The summed E-state index contributed by atoms with van der Waals surface area (Å²) < 4.78 is 20.0. The predicted octanol–water partition coefficient (Wildman–Crippen LogP) is 0.159. The smallest absolute Gasteiger partial charge is 0.304 e. The van der Waals surface area contributed by atoms with E-state index in [2.05, 4.69) is 0 Å². The van der Waals surface area contributed by atoms with Gasteiger partial charge >= 0.3 is 17.9 Å². The Bertz CT molecular complexity index is 338. The van der Waals surface area contributed by atoms with Crippen LogP contribution in [0, 0.1) is 0 Å². The van der Waals surface area contributed by atoms with Crippen LogP contribution in [0.15, 0.2) is 0 Å². The lowest BCUT2D eigenvalue weighted by atomic mass is 10.2. The molecule has 0 spiro atoms. The Labute approximate surface area is 104 Å². The highest BCUT2D eigenvalue weighted by Gasteiger charge is 2.39. The summed E-state index contributed by atoms with van der Waals surface area (Å²) in [6.45, 7) is 3.73. The van der Waals surface area contributed by atoms with Gasteiger partial charge in [-0.15, -0.1) is 0 Å². The fraction of sp³-hybridized carbons (Fsp3) is 0.727. The highest BCUT2D eigenvalue weighted by molar-refractivity contribution is 5.67. The van der Waals surface area contributed by atoms with Crippen LogP contribution in [0.25, 0.3) is 0 Å². The summed E-state index contributed by atoms with van der Waals surface area (Å²) in [6.07, 6.45) is -1.77. The van der Waals surface area contributed by atoms with Gasteiger partial charge in [0.25, 0.3) is 0 Å². The van der Waals surface area contributed by atoms with E-state index in [-0.39, 0.29) is 13.0 Å². The molecule has 0 amide bonds. The average Bonchev–Trinajstić information content (AvgIpc) is 2.55. The van der Waals surface area contributed by atoms with Gasteiger partial charge in [-0.2, -0.15) is 0 Å². The number of carbonyl (C=O) groups excluding carboxylic acids is 3. The molecule has 0 radical (unpaired) electrons. The zero-order valence-electron chi connectivity index (χ0n) is 10.5. The van der Waals surface area contributed by atoms with Crippen LogP contribution in [0.2, 0.25) is 0 Å². The van der Waals surface area contributed by atoms with E-state index in [1.807, 2.05) is 0 Å². The SMILES string of the molecule is CC(=O)OC[C@@H]1OC(OC(C)=O)C[C@H]1OC(C)=O. The topological polar surface area (TPSA) is 88.1 Å². The number of esters is 3. The third-order valence-electron chi connectivity index (χ3n) is 2.23. The molecule has 1 heterocycles. The Morgan fingerprint density at radius 3 is 2.17 bits per heavy atom. The molecule has 0 N–H and O–H groups in total. The summed E-state index contributed by atoms with van der Waals surface area (Å²) in [5, 5.41) is 0. The number of carbonyl (C=O) groups is 3. The van der Waals surface area contributed by atoms with Gasteiger partial charge in [-0.3, -0.25) is 14.4 Å². The standard InChI is InChI=1S/C11H16O7/c1-6(12)15-5-10-9(16-7(2)13)4-11(18-10)17-8(3)14/h9-11H,4-5H2,1-3H3/t9-,10+,11?/m1/s1. The van der Waals surface area contributed by atoms with Crippen LogP contribution in [-0.2, 0) is 33.3 Å². The van der Waals surface area contributed by atoms with Crippen LogP contribution in [0.5, 0.6) is 0 Å². The zero-order chi connectivity index (χ0) is 13.7. The molecule has 1 rings (SSSR count). The van der Waals surface area contributed by atoms with Gasteiger partial charge in [0.1, 0.15) is 18.8 Å². The van der Waals surface area contributed by atoms with Gasteiger partial charge in [0.15, 0.2) is 0 Å². The quantitative estimate of drug-likeness (QED) is 0.525. The first-order valence-electron chi connectivity index (χ1n) is 5.51. The van der Waals surface area contributed by atoms with Gasteiger partial charge in [-0.05, 0) is 0 Å². The number of hydrogen-bond donors (Lipinski definition) is 0. The fourth-order valence-electron chi connectivity index (χ4n) is 1.62. The summed E-state index contributed by atoms with van der Waals surface area (Å²) in [4.78, 5) is 32.4. The minimum atomic E-state index is -0.785. The van der Waals surface area contributed by atoms with Crippen molar-refractivity contribution in [1.82, 2.24) is 0 Å². The Kier molecular flexibility index (Phi) is 5.08. The van der Waals surface area contributed by atoms with Crippen molar-refractivity contribution in [2.75, 3.05) is 6.61 Å². The highest BCUT2D eigenvalue weighted by Crippen LogP contribution is 2.24. The van der Waals surface area contributed by atoms with Crippen LogP contribution in [-0.4, -0.2) is 43.0 Å². The molecular weight excluding hydrogens is 244 g/mol. The first kappa shape index (κ1) is 14.4. The molecule has 1 fully saturated rings. The second kappa shape index (κ2) is 6.34. The summed E-state index contributed by atoms with van der Waals surface area (Å²) in [6, 6.07) is 0. The highest BCUT2D eigenvalue weighted by atomic mass is 16.7. The molecule has 0 aromatic rings. The van der Waals surface area contributed by atoms with Gasteiger partial charge in [-0.1, -0.05) is 0 Å². The molecule has 1 saturated heterocycles. The van der Waals surface area contributed by atoms with E-state index in [1.54, 1.807) is 0 Å². The van der Waals surface area contributed by atoms with Crippen molar-refractivity contribution >= 4 is 17.9 Å². The number of rotatable bonds is 4. The first-order chi connectivity index (χ1) is 8.38. The molecule has 102 valence electrons. The number of ether oxygens (including phenoxy) is 4. The minimum Gasteiger partial charge on any atom is -0.463 e. The normalized spacial score (nSPS) is 26.5.